The Hall–Kier alpha value is -5.22. The quantitative estimate of drug-likeness (QED) is 0.155. The van der Waals surface area contributed by atoms with Crippen molar-refractivity contribution in [3.8, 4) is 0 Å². The van der Waals surface area contributed by atoms with E-state index in [1.165, 1.54) is 18.7 Å². The van der Waals surface area contributed by atoms with Crippen molar-refractivity contribution in [3.05, 3.63) is 120 Å². The lowest BCUT2D eigenvalue weighted by atomic mass is 10.2. The summed E-state index contributed by atoms with van der Waals surface area (Å²) in [5.74, 6) is -1.17. The number of nitrogens with zero attached hydrogens (tertiary/aromatic N) is 1. The maximum Gasteiger partial charge on any atom is 0.272 e. The van der Waals surface area contributed by atoms with Crippen LogP contribution in [0.5, 0.6) is 0 Å². The molecule has 41 heavy (non-hydrogen) atoms. The van der Waals surface area contributed by atoms with Gasteiger partial charge in [-0.1, -0.05) is 30.3 Å². The van der Waals surface area contributed by atoms with Crippen molar-refractivity contribution in [2.45, 2.75) is 11.8 Å². The molecule has 3 aromatic carbocycles. The van der Waals surface area contributed by atoms with Crippen LogP contribution in [0, 0.1) is 0 Å². The van der Waals surface area contributed by atoms with E-state index in [2.05, 4.69) is 26.3 Å². The first-order valence-electron chi connectivity index (χ1n) is 12.6. The minimum atomic E-state index is -0.513. The van der Waals surface area contributed by atoms with Crippen molar-refractivity contribution in [3.63, 3.8) is 0 Å². The highest BCUT2D eigenvalue weighted by Crippen LogP contribution is 2.23. The number of thioether (sulfide) groups is 1. The molecular weight excluding hydrogens is 538 g/mol. The van der Waals surface area contributed by atoms with E-state index in [9.17, 15) is 19.2 Å². The molecule has 4 aromatic rings. The number of pyridine rings is 1. The lowest BCUT2D eigenvalue weighted by Crippen LogP contribution is -2.30. The van der Waals surface area contributed by atoms with Gasteiger partial charge in [0.25, 0.3) is 11.8 Å². The Morgan fingerprint density at radius 2 is 1.51 bits per heavy atom. The lowest BCUT2D eigenvalue weighted by Gasteiger charge is -2.12. The van der Waals surface area contributed by atoms with E-state index in [4.69, 9.17) is 0 Å². The number of hydrogen-bond acceptors (Lipinski definition) is 6. The number of benzene rings is 3. The Morgan fingerprint density at radius 1 is 0.780 bits per heavy atom. The summed E-state index contributed by atoms with van der Waals surface area (Å²) in [7, 11) is 0. The van der Waals surface area contributed by atoms with Crippen molar-refractivity contribution in [2.75, 3.05) is 21.7 Å². The highest BCUT2D eigenvalue weighted by Gasteiger charge is 2.15. The Bertz CT molecular complexity index is 1560. The SMILES string of the molecule is CC(=O)Nc1ccc(NC(=O)CSc2cccc(NC(=O)/C(=C/c3cccnc3)NC(=O)c3ccccc3)c2)cc1. The standard InChI is InChI=1S/C31H27N5O4S/c1-21(37)33-24-12-14-25(15-13-24)34-29(38)20-41-27-11-5-10-26(18-27)35-31(40)28(17-22-7-6-16-32-19-22)36-30(39)23-8-3-2-4-9-23/h2-19H,20H2,1H3,(H,33,37)(H,34,38)(H,35,40)(H,36,39)/b28-17-. The molecule has 0 aliphatic carbocycles. The molecule has 4 N–H and O–H groups in total. The van der Waals surface area contributed by atoms with Gasteiger partial charge in [-0.2, -0.15) is 0 Å². The summed E-state index contributed by atoms with van der Waals surface area (Å²) in [6.07, 6.45) is 4.75. The van der Waals surface area contributed by atoms with Crippen LogP contribution >= 0.6 is 11.8 Å². The van der Waals surface area contributed by atoms with Crippen LogP contribution in [0.15, 0.2) is 114 Å². The van der Waals surface area contributed by atoms with Gasteiger partial charge in [0.1, 0.15) is 5.70 Å². The average Bonchev–Trinajstić information content (AvgIpc) is 2.97. The minimum absolute atomic E-state index is 0.0498. The van der Waals surface area contributed by atoms with Gasteiger partial charge < -0.3 is 21.3 Å². The molecule has 4 amide bonds. The number of hydrogen-bond donors (Lipinski definition) is 4. The Labute approximate surface area is 241 Å². The van der Waals surface area contributed by atoms with Crippen molar-refractivity contribution < 1.29 is 19.2 Å². The Balaban J connectivity index is 1.39. The second-order valence-electron chi connectivity index (χ2n) is 8.74. The summed E-state index contributed by atoms with van der Waals surface area (Å²) in [6.45, 7) is 1.43. The molecule has 4 rings (SSSR count). The number of amides is 4. The van der Waals surface area contributed by atoms with E-state index in [1.807, 2.05) is 6.07 Å². The van der Waals surface area contributed by atoms with Crippen LogP contribution in [0.3, 0.4) is 0 Å². The van der Waals surface area contributed by atoms with Gasteiger partial charge in [0.2, 0.25) is 11.8 Å². The van der Waals surface area contributed by atoms with Crippen LogP contribution in [-0.4, -0.2) is 34.4 Å². The van der Waals surface area contributed by atoms with E-state index >= 15 is 0 Å². The van der Waals surface area contributed by atoms with Gasteiger partial charge in [-0.3, -0.25) is 24.2 Å². The fourth-order valence-electron chi connectivity index (χ4n) is 3.62. The Morgan fingerprint density at radius 3 is 2.20 bits per heavy atom. The zero-order valence-corrected chi connectivity index (χ0v) is 22.9. The molecular formula is C31H27N5O4S. The number of carbonyl (C=O) groups excluding carboxylic acids is 4. The summed E-state index contributed by atoms with van der Waals surface area (Å²) >= 11 is 1.31. The summed E-state index contributed by atoms with van der Waals surface area (Å²) in [4.78, 5) is 54.5. The smallest absolute Gasteiger partial charge is 0.272 e. The second kappa shape index (κ2) is 14.2. The topological polar surface area (TPSA) is 129 Å². The number of anilines is 3. The maximum atomic E-state index is 13.2. The maximum absolute atomic E-state index is 13.2. The number of carbonyl (C=O) groups is 4. The average molecular weight is 566 g/mol. The van der Waals surface area contributed by atoms with Crippen molar-refractivity contribution in [1.82, 2.24) is 10.3 Å². The molecule has 0 fully saturated rings. The summed E-state index contributed by atoms with van der Waals surface area (Å²) in [5.41, 5.74) is 2.86. The van der Waals surface area contributed by atoms with Crippen LogP contribution in [-0.2, 0) is 14.4 Å². The molecule has 0 aliphatic heterocycles. The van der Waals surface area contributed by atoms with Gasteiger partial charge in [0.05, 0.1) is 5.75 Å². The highest BCUT2D eigenvalue weighted by molar-refractivity contribution is 8.00. The molecule has 0 spiro atoms. The predicted molar refractivity (Wildman–Crippen MR) is 161 cm³/mol. The van der Waals surface area contributed by atoms with Gasteiger partial charge in [-0.05, 0) is 72.3 Å². The summed E-state index contributed by atoms with van der Waals surface area (Å²) < 4.78 is 0. The number of aromatic nitrogens is 1. The first kappa shape index (κ1) is 28.8. The largest absolute Gasteiger partial charge is 0.326 e. The summed E-state index contributed by atoms with van der Waals surface area (Å²) in [5, 5.41) is 11.0. The van der Waals surface area contributed by atoms with Crippen molar-refractivity contribution >= 4 is 58.5 Å². The molecule has 9 nitrogen and oxygen atoms in total. The zero-order chi connectivity index (χ0) is 29.0. The van der Waals surface area contributed by atoms with Gasteiger partial charge in [-0.25, -0.2) is 0 Å². The third-order valence-electron chi connectivity index (χ3n) is 5.48. The van der Waals surface area contributed by atoms with Crippen molar-refractivity contribution in [1.29, 1.82) is 0 Å². The summed E-state index contributed by atoms with van der Waals surface area (Å²) in [6, 6.07) is 26.0. The molecule has 0 saturated heterocycles. The zero-order valence-electron chi connectivity index (χ0n) is 22.1. The normalized spacial score (nSPS) is 10.8. The lowest BCUT2D eigenvalue weighted by molar-refractivity contribution is -0.114. The van der Waals surface area contributed by atoms with Crippen LogP contribution in [0.2, 0.25) is 0 Å². The molecule has 0 radical (unpaired) electrons. The molecule has 0 bridgehead atoms. The molecule has 10 heteroatoms. The van der Waals surface area contributed by atoms with E-state index in [0.29, 0.717) is 28.2 Å². The van der Waals surface area contributed by atoms with E-state index in [0.717, 1.165) is 4.90 Å². The second-order valence-corrected chi connectivity index (χ2v) is 9.79. The van der Waals surface area contributed by atoms with Crippen LogP contribution in [0.4, 0.5) is 17.1 Å². The molecule has 0 unspecified atom stereocenters. The number of nitrogens with one attached hydrogen (secondary N) is 4. The molecule has 0 atom stereocenters. The Kier molecular flexibility index (Phi) is 10.0. The van der Waals surface area contributed by atoms with Crippen molar-refractivity contribution in [2.24, 2.45) is 0 Å². The van der Waals surface area contributed by atoms with Crippen LogP contribution in [0.25, 0.3) is 6.08 Å². The molecule has 1 heterocycles. The third-order valence-corrected chi connectivity index (χ3v) is 6.47. The highest BCUT2D eigenvalue weighted by atomic mass is 32.2. The molecule has 206 valence electrons. The van der Waals surface area contributed by atoms with Gasteiger partial charge in [-0.15, -0.1) is 11.8 Å². The molecule has 0 saturated carbocycles. The van der Waals surface area contributed by atoms with E-state index in [1.54, 1.807) is 103 Å². The fraction of sp³-hybridized carbons (Fsp3) is 0.0645. The fourth-order valence-corrected chi connectivity index (χ4v) is 4.37. The monoisotopic (exact) mass is 565 g/mol. The van der Waals surface area contributed by atoms with Gasteiger partial charge in [0, 0.05) is 46.8 Å². The molecule has 1 aromatic heterocycles. The van der Waals surface area contributed by atoms with Crippen LogP contribution in [0.1, 0.15) is 22.8 Å². The minimum Gasteiger partial charge on any atom is -0.326 e. The first-order chi connectivity index (χ1) is 19.9. The van der Waals surface area contributed by atoms with E-state index in [-0.39, 0.29) is 23.3 Å². The van der Waals surface area contributed by atoms with Gasteiger partial charge in [0.15, 0.2) is 0 Å². The first-order valence-corrected chi connectivity index (χ1v) is 13.5. The van der Waals surface area contributed by atoms with E-state index < -0.39 is 11.8 Å². The molecule has 0 aliphatic rings. The van der Waals surface area contributed by atoms with Crippen LogP contribution < -0.4 is 21.3 Å². The van der Waals surface area contributed by atoms with Gasteiger partial charge >= 0.3 is 0 Å². The third kappa shape index (κ3) is 9.19. The number of rotatable bonds is 10. The predicted octanol–water partition coefficient (Wildman–Crippen LogP) is 5.18.